The summed E-state index contributed by atoms with van der Waals surface area (Å²) in [6.45, 7) is 1.32. The lowest BCUT2D eigenvalue weighted by Crippen LogP contribution is -2.36. The van der Waals surface area contributed by atoms with Crippen LogP contribution in [-0.2, 0) is 16.4 Å². The summed E-state index contributed by atoms with van der Waals surface area (Å²) in [5.41, 5.74) is -1.00. The number of carbonyl (C=O) groups is 1. The summed E-state index contributed by atoms with van der Waals surface area (Å²) in [5.74, 6) is -0.169. The van der Waals surface area contributed by atoms with Gasteiger partial charge in [0, 0.05) is 6.54 Å². The van der Waals surface area contributed by atoms with E-state index in [-0.39, 0.29) is 5.91 Å². The van der Waals surface area contributed by atoms with Gasteiger partial charge in [0.2, 0.25) is 5.91 Å². The number of halogens is 3. The Morgan fingerprint density at radius 3 is 2.57 bits per heavy atom. The Bertz CT molecular complexity index is 510. The zero-order chi connectivity index (χ0) is 15.5. The van der Waals surface area contributed by atoms with Crippen LogP contribution in [0, 0.1) is 0 Å². The molecule has 0 unspecified atom stereocenters. The molecule has 6 heteroatoms. The van der Waals surface area contributed by atoms with Crippen molar-refractivity contribution in [1.29, 1.82) is 0 Å². The van der Waals surface area contributed by atoms with E-state index in [1.165, 1.54) is 6.07 Å². The lowest BCUT2D eigenvalue weighted by Gasteiger charge is -2.17. The van der Waals surface area contributed by atoms with Gasteiger partial charge in [0.05, 0.1) is 11.0 Å². The maximum atomic E-state index is 12.8. The molecule has 116 valence electrons. The Kier molecular flexibility index (Phi) is 4.56. The lowest BCUT2D eigenvalue weighted by atomic mass is 9.93. The summed E-state index contributed by atoms with van der Waals surface area (Å²) >= 11 is 0. The molecule has 1 fully saturated rings. The predicted octanol–water partition coefficient (Wildman–Crippen LogP) is 2.46. The van der Waals surface area contributed by atoms with Crippen LogP contribution in [-0.4, -0.2) is 26.0 Å². The minimum atomic E-state index is -4.38. The molecular formula is C15H19F3N2O. The van der Waals surface area contributed by atoms with Crippen molar-refractivity contribution in [3.05, 3.63) is 35.4 Å². The SMILES string of the molecule is CNCCCNC(=O)C1(c2cccc(C(F)(F)F)c2)CC1. The van der Waals surface area contributed by atoms with Gasteiger partial charge in [-0.1, -0.05) is 18.2 Å². The van der Waals surface area contributed by atoms with Gasteiger partial charge in [-0.2, -0.15) is 13.2 Å². The fourth-order valence-corrected chi connectivity index (χ4v) is 2.40. The Morgan fingerprint density at radius 2 is 2.00 bits per heavy atom. The molecule has 21 heavy (non-hydrogen) atoms. The van der Waals surface area contributed by atoms with E-state index in [9.17, 15) is 18.0 Å². The van der Waals surface area contributed by atoms with Crippen LogP contribution in [0.15, 0.2) is 24.3 Å². The van der Waals surface area contributed by atoms with Crippen molar-refractivity contribution in [3.63, 3.8) is 0 Å². The first kappa shape index (κ1) is 15.8. The second kappa shape index (κ2) is 6.05. The van der Waals surface area contributed by atoms with Gasteiger partial charge in [-0.15, -0.1) is 0 Å². The smallest absolute Gasteiger partial charge is 0.355 e. The van der Waals surface area contributed by atoms with Crippen molar-refractivity contribution in [1.82, 2.24) is 10.6 Å². The second-order valence-electron chi connectivity index (χ2n) is 5.37. The van der Waals surface area contributed by atoms with Gasteiger partial charge < -0.3 is 10.6 Å². The van der Waals surface area contributed by atoms with Crippen molar-refractivity contribution in [2.75, 3.05) is 20.1 Å². The summed E-state index contributed by atoms with van der Waals surface area (Å²) in [5, 5.41) is 5.79. The highest BCUT2D eigenvalue weighted by Crippen LogP contribution is 2.49. The van der Waals surface area contributed by atoms with Crippen molar-refractivity contribution >= 4 is 5.91 Å². The van der Waals surface area contributed by atoms with Gasteiger partial charge in [-0.3, -0.25) is 4.79 Å². The van der Waals surface area contributed by atoms with E-state index in [1.54, 1.807) is 6.07 Å². The van der Waals surface area contributed by atoms with E-state index in [2.05, 4.69) is 10.6 Å². The molecule has 1 aromatic carbocycles. The van der Waals surface area contributed by atoms with Crippen molar-refractivity contribution in [2.45, 2.75) is 30.9 Å². The minimum absolute atomic E-state index is 0.169. The average molecular weight is 300 g/mol. The van der Waals surface area contributed by atoms with Crippen molar-refractivity contribution in [3.8, 4) is 0 Å². The third-order valence-corrected chi connectivity index (χ3v) is 3.82. The highest BCUT2D eigenvalue weighted by molar-refractivity contribution is 5.91. The Hall–Kier alpha value is -1.56. The van der Waals surface area contributed by atoms with E-state index < -0.39 is 17.2 Å². The first-order chi connectivity index (χ1) is 9.90. The van der Waals surface area contributed by atoms with Crippen molar-refractivity contribution in [2.24, 2.45) is 0 Å². The fourth-order valence-electron chi connectivity index (χ4n) is 2.40. The quantitative estimate of drug-likeness (QED) is 0.792. The summed E-state index contributed by atoms with van der Waals surface area (Å²) < 4.78 is 38.3. The van der Waals surface area contributed by atoms with Gasteiger partial charge in [-0.25, -0.2) is 0 Å². The number of hydrogen-bond donors (Lipinski definition) is 2. The van der Waals surface area contributed by atoms with Gasteiger partial charge in [0.25, 0.3) is 0 Å². The first-order valence-electron chi connectivity index (χ1n) is 7.01. The molecule has 3 nitrogen and oxygen atoms in total. The molecule has 0 aromatic heterocycles. The number of alkyl halides is 3. The molecule has 0 heterocycles. The second-order valence-corrected chi connectivity index (χ2v) is 5.37. The van der Waals surface area contributed by atoms with Gasteiger partial charge in [0.1, 0.15) is 0 Å². The summed E-state index contributed by atoms with van der Waals surface area (Å²) in [6, 6.07) is 5.10. The number of hydrogen-bond acceptors (Lipinski definition) is 2. The fraction of sp³-hybridized carbons (Fsp3) is 0.533. The van der Waals surface area contributed by atoms with Gasteiger partial charge >= 0.3 is 6.18 Å². The van der Waals surface area contributed by atoms with E-state index in [0.29, 0.717) is 24.9 Å². The van der Waals surface area contributed by atoms with E-state index >= 15 is 0 Å². The van der Waals surface area contributed by atoms with Crippen molar-refractivity contribution < 1.29 is 18.0 Å². The van der Waals surface area contributed by atoms with E-state index in [0.717, 1.165) is 25.1 Å². The molecule has 0 aliphatic heterocycles. The molecule has 0 saturated heterocycles. The predicted molar refractivity (Wildman–Crippen MR) is 73.9 cm³/mol. The Morgan fingerprint density at radius 1 is 1.29 bits per heavy atom. The van der Waals surface area contributed by atoms with Crippen LogP contribution in [0.1, 0.15) is 30.4 Å². The largest absolute Gasteiger partial charge is 0.416 e. The lowest BCUT2D eigenvalue weighted by molar-refractivity contribution is -0.137. The van der Waals surface area contributed by atoms with Crippen LogP contribution in [0.25, 0.3) is 0 Å². The Labute approximate surface area is 121 Å². The normalized spacial score (nSPS) is 16.6. The van der Waals surface area contributed by atoms with Crippen LogP contribution in [0.5, 0.6) is 0 Å². The monoisotopic (exact) mass is 300 g/mol. The van der Waals surface area contributed by atoms with E-state index in [4.69, 9.17) is 0 Å². The van der Waals surface area contributed by atoms with Gasteiger partial charge in [-0.05, 0) is 44.5 Å². The molecule has 1 aromatic rings. The number of nitrogens with one attached hydrogen (secondary N) is 2. The molecule has 1 aliphatic carbocycles. The van der Waals surface area contributed by atoms with Crippen LogP contribution in [0.4, 0.5) is 13.2 Å². The third-order valence-electron chi connectivity index (χ3n) is 3.82. The molecule has 0 atom stereocenters. The van der Waals surface area contributed by atoms with Crippen LogP contribution < -0.4 is 10.6 Å². The molecule has 2 rings (SSSR count). The maximum Gasteiger partial charge on any atom is 0.416 e. The maximum absolute atomic E-state index is 12.8. The Balaban J connectivity index is 2.08. The number of rotatable bonds is 6. The molecule has 2 N–H and O–H groups in total. The topological polar surface area (TPSA) is 41.1 Å². The highest BCUT2D eigenvalue weighted by Gasteiger charge is 2.51. The summed E-state index contributed by atoms with van der Waals surface area (Å²) in [7, 11) is 1.83. The van der Waals surface area contributed by atoms with Crippen LogP contribution in [0.3, 0.4) is 0 Å². The summed E-state index contributed by atoms with van der Waals surface area (Å²) in [6.07, 6.45) is -2.38. The number of amides is 1. The van der Waals surface area contributed by atoms with Gasteiger partial charge in [0.15, 0.2) is 0 Å². The zero-order valence-corrected chi connectivity index (χ0v) is 11.9. The molecule has 0 bridgehead atoms. The number of carbonyl (C=O) groups excluding carboxylic acids is 1. The minimum Gasteiger partial charge on any atom is -0.355 e. The standard InChI is InChI=1S/C15H19F3N2O/c1-19-8-3-9-20-13(21)14(6-7-14)11-4-2-5-12(10-11)15(16,17)18/h2,4-5,10,19H,3,6-9H2,1H3,(H,20,21). The third kappa shape index (κ3) is 3.56. The first-order valence-corrected chi connectivity index (χ1v) is 7.01. The highest BCUT2D eigenvalue weighted by atomic mass is 19.4. The molecule has 1 aliphatic rings. The molecular weight excluding hydrogens is 281 g/mol. The zero-order valence-electron chi connectivity index (χ0n) is 11.9. The molecule has 0 spiro atoms. The molecule has 0 radical (unpaired) electrons. The van der Waals surface area contributed by atoms with Crippen LogP contribution >= 0.6 is 0 Å². The average Bonchev–Trinajstić information content (AvgIpc) is 3.24. The summed E-state index contributed by atoms with van der Waals surface area (Å²) in [4.78, 5) is 12.2. The number of benzene rings is 1. The van der Waals surface area contributed by atoms with Crippen LogP contribution in [0.2, 0.25) is 0 Å². The molecule has 1 amide bonds. The van der Waals surface area contributed by atoms with E-state index in [1.807, 2.05) is 7.05 Å². The molecule has 1 saturated carbocycles.